The summed E-state index contributed by atoms with van der Waals surface area (Å²) >= 11 is 0. The standard InChI is InChI=1S/C12H14N4O4S/c1-8-15-12(20-16-8)11(17)14-7-6-9-2-4-10(5-3-9)21(13,18)19/h2-5H,6-7H2,1H3,(H,14,17)(H2,13,18,19). The Morgan fingerprint density at radius 1 is 1.33 bits per heavy atom. The average Bonchev–Trinajstić information content (AvgIpc) is 2.85. The van der Waals surface area contributed by atoms with E-state index in [2.05, 4.69) is 15.5 Å². The van der Waals surface area contributed by atoms with E-state index in [1.807, 2.05) is 0 Å². The van der Waals surface area contributed by atoms with Gasteiger partial charge in [-0.3, -0.25) is 4.79 Å². The molecule has 0 unspecified atom stereocenters. The summed E-state index contributed by atoms with van der Waals surface area (Å²) in [4.78, 5) is 15.5. The van der Waals surface area contributed by atoms with Gasteiger partial charge in [0.05, 0.1) is 4.90 Å². The maximum atomic E-state index is 11.6. The maximum absolute atomic E-state index is 11.6. The van der Waals surface area contributed by atoms with Crippen molar-refractivity contribution in [3.63, 3.8) is 0 Å². The van der Waals surface area contributed by atoms with Gasteiger partial charge < -0.3 is 9.84 Å². The lowest BCUT2D eigenvalue weighted by atomic mass is 10.1. The van der Waals surface area contributed by atoms with E-state index in [9.17, 15) is 13.2 Å². The minimum Gasteiger partial charge on any atom is -0.347 e. The van der Waals surface area contributed by atoms with Crippen molar-refractivity contribution in [2.24, 2.45) is 5.14 Å². The van der Waals surface area contributed by atoms with Crippen molar-refractivity contribution in [1.82, 2.24) is 15.5 Å². The quantitative estimate of drug-likeness (QED) is 0.799. The third kappa shape index (κ3) is 4.10. The Balaban J connectivity index is 1.88. The smallest absolute Gasteiger partial charge is 0.315 e. The number of nitrogens with zero attached hydrogens (tertiary/aromatic N) is 2. The normalized spacial score (nSPS) is 11.3. The molecule has 0 saturated heterocycles. The van der Waals surface area contributed by atoms with Crippen molar-refractivity contribution in [3.8, 4) is 0 Å². The summed E-state index contributed by atoms with van der Waals surface area (Å²) in [5.74, 6) is -0.146. The SMILES string of the molecule is Cc1noc(C(=O)NCCc2ccc(S(N)(=O)=O)cc2)n1. The Morgan fingerprint density at radius 3 is 2.52 bits per heavy atom. The largest absolute Gasteiger partial charge is 0.347 e. The highest BCUT2D eigenvalue weighted by molar-refractivity contribution is 7.89. The fourth-order valence-corrected chi connectivity index (χ4v) is 2.15. The number of benzene rings is 1. The number of aryl methyl sites for hydroxylation is 1. The van der Waals surface area contributed by atoms with Crippen LogP contribution in [0.4, 0.5) is 0 Å². The molecule has 0 spiro atoms. The van der Waals surface area contributed by atoms with Crippen LogP contribution in [0.5, 0.6) is 0 Å². The molecule has 2 rings (SSSR count). The van der Waals surface area contributed by atoms with E-state index in [0.717, 1.165) is 5.56 Å². The van der Waals surface area contributed by atoms with Gasteiger partial charge in [-0.2, -0.15) is 4.98 Å². The lowest BCUT2D eigenvalue weighted by molar-refractivity contribution is 0.0910. The van der Waals surface area contributed by atoms with E-state index in [0.29, 0.717) is 18.8 Å². The van der Waals surface area contributed by atoms with E-state index in [4.69, 9.17) is 9.66 Å². The molecule has 8 nitrogen and oxygen atoms in total. The molecule has 0 aliphatic heterocycles. The number of rotatable bonds is 5. The van der Waals surface area contributed by atoms with Gasteiger partial charge in [0.15, 0.2) is 5.82 Å². The number of carbonyl (C=O) groups excluding carboxylic acids is 1. The molecule has 9 heteroatoms. The number of amides is 1. The van der Waals surface area contributed by atoms with Crippen molar-refractivity contribution in [3.05, 3.63) is 41.5 Å². The summed E-state index contributed by atoms with van der Waals surface area (Å²) in [6.07, 6.45) is 0.532. The van der Waals surface area contributed by atoms with E-state index in [1.54, 1.807) is 19.1 Å². The zero-order chi connectivity index (χ0) is 15.5. The molecule has 3 N–H and O–H groups in total. The zero-order valence-corrected chi connectivity index (χ0v) is 12.1. The fraction of sp³-hybridized carbons (Fsp3) is 0.250. The number of carbonyl (C=O) groups is 1. The van der Waals surface area contributed by atoms with Crippen LogP contribution in [0.2, 0.25) is 0 Å². The summed E-state index contributed by atoms with van der Waals surface area (Å²) in [6.45, 7) is 1.97. The van der Waals surface area contributed by atoms with Crippen molar-refractivity contribution in [2.45, 2.75) is 18.2 Å². The second kappa shape index (κ2) is 6.02. The zero-order valence-electron chi connectivity index (χ0n) is 11.2. The molecule has 0 aliphatic rings. The predicted molar refractivity (Wildman–Crippen MR) is 72.9 cm³/mol. The van der Waals surface area contributed by atoms with Crippen molar-refractivity contribution < 1.29 is 17.7 Å². The van der Waals surface area contributed by atoms with Gasteiger partial charge in [0.1, 0.15) is 0 Å². The summed E-state index contributed by atoms with van der Waals surface area (Å²) < 4.78 is 26.9. The van der Waals surface area contributed by atoms with Crippen LogP contribution in [0.1, 0.15) is 22.1 Å². The van der Waals surface area contributed by atoms with Crippen LogP contribution in [0, 0.1) is 6.92 Å². The Bertz CT molecular complexity index is 737. The van der Waals surface area contributed by atoms with Crippen LogP contribution in [0.15, 0.2) is 33.7 Å². The molecule has 112 valence electrons. The summed E-state index contributed by atoms with van der Waals surface area (Å²) in [5.41, 5.74) is 0.865. The predicted octanol–water partition coefficient (Wildman–Crippen LogP) is -0.00208. The first-order valence-corrected chi connectivity index (χ1v) is 7.61. The number of primary sulfonamides is 1. The molecule has 0 fully saturated rings. The monoisotopic (exact) mass is 310 g/mol. The average molecular weight is 310 g/mol. The van der Waals surface area contributed by atoms with Crippen LogP contribution in [0.3, 0.4) is 0 Å². The molecule has 21 heavy (non-hydrogen) atoms. The number of sulfonamides is 1. The first-order valence-electron chi connectivity index (χ1n) is 6.06. The van der Waals surface area contributed by atoms with Crippen LogP contribution in [-0.4, -0.2) is 31.0 Å². The van der Waals surface area contributed by atoms with Crippen molar-refractivity contribution in [1.29, 1.82) is 0 Å². The molecule has 1 aromatic carbocycles. The Kier molecular flexibility index (Phi) is 4.34. The highest BCUT2D eigenvalue weighted by atomic mass is 32.2. The number of nitrogens with one attached hydrogen (secondary N) is 1. The number of hydrogen-bond acceptors (Lipinski definition) is 6. The number of hydrogen-bond donors (Lipinski definition) is 2. The second-order valence-electron chi connectivity index (χ2n) is 4.34. The van der Waals surface area contributed by atoms with Gasteiger partial charge in [0.25, 0.3) is 0 Å². The third-order valence-corrected chi connectivity index (χ3v) is 3.60. The molecule has 2 aromatic rings. The van der Waals surface area contributed by atoms with Gasteiger partial charge in [0, 0.05) is 6.54 Å². The summed E-state index contributed by atoms with van der Waals surface area (Å²) in [5, 5.41) is 11.2. The topological polar surface area (TPSA) is 128 Å². The van der Waals surface area contributed by atoms with Gasteiger partial charge in [-0.05, 0) is 31.0 Å². The molecule has 0 aliphatic carbocycles. The fourth-order valence-electron chi connectivity index (χ4n) is 1.63. The second-order valence-corrected chi connectivity index (χ2v) is 5.90. The summed E-state index contributed by atoms with van der Waals surface area (Å²) in [7, 11) is -3.68. The number of nitrogens with two attached hydrogens (primary N) is 1. The first-order chi connectivity index (χ1) is 9.86. The molecule has 0 saturated carbocycles. The van der Waals surface area contributed by atoms with Crippen LogP contribution in [-0.2, 0) is 16.4 Å². The van der Waals surface area contributed by atoms with E-state index in [-0.39, 0.29) is 10.8 Å². The van der Waals surface area contributed by atoms with Gasteiger partial charge in [-0.1, -0.05) is 17.3 Å². The lowest BCUT2D eigenvalue weighted by Crippen LogP contribution is -2.26. The highest BCUT2D eigenvalue weighted by Crippen LogP contribution is 2.09. The van der Waals surface area contributed by atoms with E-state index >= 15 is 0 Å². The minimum absolute atomic E-state index is 0.0524. The molecule has 0 atom stereocenters. The number of aromatic nitrogens is 2. The Labute approximate surface area is 121 Å². The minimum atomic E-state index is -3.68. The molecular formula is C12H14N4O4S. The van der Waals surface area contributed by atoms with E-state index < -0.39 is 15.9 Å². The Hall–Kier alpha value is -2.26. The third-order valence-electron chi connectivity index (χ3n) is 2.67. The van der Waals surface area contributed by atoms with Crippen molar-refractivity contribution >= 4 is 15.9 Å². The van der Waals surface area contributed by atoms with E-state index in [1.165, 1.54) is 12.1 Å². The van der Waals surface area contributed by atoms with Crippen molar-refractivity contribution in [2.75, 3.05) is 6.54 Å². The molecule has 0 radical (unpaired) electrons. The molecule has 0 bridgehead atoms. The first kappa shape index (κ1) is 15.1. The molecular weight excluding hydrogens is 296 g/mol. The van der Waals surface area contributed by atoms with Crippen LogP contribution >= 0.6 is 0 Å². The molecule has 1 aromatic heterocycles. The maximum Gasteiger partial charge on any atom is 0.315 e. The molecule has 1 amide bonds. The van der Waals surface area contributed by atoms with Crippen LogP contribution in [0.25, 0.3) is 0 Å². The highest BCUT2D eigenvalue weighted by Gasteiger charge is 2.12. The lowest BCUT2D eigenvalue weighted by Gasteiger charge is -2.04. The van der Waals surface area contributed by atoms with Crippen LogP contribution < -0.4 is 10.5 Å². The van der Waals surface area contributed by atoms with Gasteiger partial charge >= 0.3 is 11.8 Å². The van der Waals surface area contributed by atoms with Gasteiger partial charge in [-0.15, -0.1) is 0 Å². The van der Waals surface area contributed by atoms with Gasteiger partial charge in [-0.25, -0.2) is 13.6 Å². The van der Waals surface area contributed by atoms with Gasteiger partial charge in [0.2, 0.25) is 10.0 Å². The Morgan fingerprint density at radius 2 is 2.00 bits per heavy atom. The summed E-state index contributed by atoms with van der Waals surface area (Å²) in [6, 6.07) is 6.13. The molecule has 1 heterocycles.